The zero-order chi connectivity index (χ0) is 16.7. The fraction of sp³-hybridized carbons (Fsp3) is 0.467. The third-order valence-electron chi connectivity index (χ3n) is 3.42. The second-order valence-electron chi connectivity index (χ2n) is 4.87. The highest BCUT2D eigenvalue weighted by atomic mass is 16.5. The van der Waals surface area contributed by atoms with Crippen molar-refractivity contribution in [2.75, 3.05) is 19.5 Å². The summed E-state index contributed by atoms with van der Waals surface area (Å²) in [5.74, 6) is -0.233. The second kappa shape index (κ2) is 8.11. The van der Waals surface area contributed by atoms with Crippen molar-refractivity contribution in [3.63, 3.8) is 0 Å². The molecule has 0 saturated carbocycles. The Morgan fingerprint density at radius 3 is 2.45 bits per heavy atom. The normalized spacial score (nSPS) is 12.9. The number of nitrogens with one attached hydrogen (secondary N) is 2. The van der Waals surface area contributed by atoms with Crippen molar-refractivity contribution >= 4 is 17.7 Å². The lowest BCUT2D eigenvalue weighted by Crippen LogP contribution is -2.46. The quantitative estimate of drug-likeness (QED) is 0.718. The maximum Gasteiger partial charge on any atom is 0.326 e. The van der Waals surface area contributed by atoms with Crippen LogP contribution >= 0.6 is 0 Å². The minimum absolute atomic E-state index is 0.180. The van der Waals surface area contributed by atoms with E-state index in [-0.39, 0.29) is 5.92 Å². The van der Waals surface area contributed by atoms with E-state index < -0.39 is 18.0 Å². The summed E-state index contributed by atoms with van der Waals surface area (Å²) >= 11 is 0. The summed E-state index contributed by atoms with van der Waals surface area (Å²) < 4.78 is 10.2. The fourth-order valence-electron chi connectivity index (χ4n) is 1.88. The average Bonchev–Trinajstić information content (AvgIpc) is 2.51. The molecule has 1 aromatic carbocycles. The van der Waals surface area contributed by atoms with Crippen molar-refractivity contribution in [3.8, 4) is 11.5 Å². The summed E-state index contributed by atoms with van der Waals surface area (Å²) in [7, 11) is 3.00. The third kappa shape index (κ3) is 4.54. The van der Waals surface area contributed by atoms with Crippen LogP contribution in [0.2, 0.25) is 0 Å². The Morgan fingerprint density at radius 2 is 1.95 bits per heavy atom. The fourth-order valence-corrected chi connectivity index (χ4v) is 1.88. The molecule has 0 aliphatic carbocycles. The largest absolute Gasteiger partial charge is 0.497 e. The molecule has 2 atom stereocenters. The van der Waals surface area contributed by atoms with Crippen molar-refractivity contribution in [2.45, 2.75) is 26.3 Å². The zero-order valence-electron chi connectivity index (χ0n) is 13.2. The first-order valence-corrected chi connectivity index (χ1v) is 6.95. The van der Waals surface area contributed by atoms with E-state index in [2.05, 4.69) is 10.6 Å². The first-order chi connectivity index (χ1) is 10.4. The summed E-state index contributed by atoms with van der Waals surface area (Å²) in [6.45, 7) is 3.64. The molecule has 1 aromatic rings. The van der Waals surface area contributed by atoms with Crippen molar-refractivity contribution in [3.05, 3.63) is 18.2 Å². The SMILES string of the molecule is CCC(C)C(NC(=O)Nc1ccc(OC)cc1OC)C(=O)O. The minimum atomic E-state index is -1.06. The van der Waals surface area contributed by atoms with Crippen LogP contribution in [0.25, 0.3) is 0 Å². The Kier molecular flexibility index (Phi) is 6.49. The minimum Gasteiger partial charge on any atom is -0.497 e. The van der Waals surface area contributed by atoms with Crippen LogP contribution in [0.15, 0.2) is 18.2 Å². The lowest BCUT2D eigenvalue weighted by atomic mass is 9.99. The van der Waals surface area contributed by atoms with Gasteiger partial charge < -0.3 is 25.2 Å². The number of amides is 2. The first-order valence-electron chi connectivity index (χ1n) is 6.95. The molecule has 0 aliphatic heterocycles. The number of hydrogen-bond donors (Lipinski definition) is 3. The summed E-state index contributed by atoms with van der Waals surface area (Å²) in [4.78, 5) is 23.2. The number of urea groups is 1. The van der Waals surface area contributed by atoms with Crippen LogP contribution in [0.5, 0.6) is 11.5 Å². The summed E-state index contributed by atoms with van der Waals surface area (Å²) in [6.07, 6.45) is 0.642. The Balaban J connectivity index is 2.81. The number of hydrogen-bond acceptors (Lipinski definition) is 4. The first kappa shape index (κ1) is 17.6. The summed E-state index contributed by atoms with van der Waals surface area (Å²) in [6, 6.07) is 3.36. The van der Waals surface area contributed by atoms with E-state index in [1.165, 1.54) is 14.2 Å². The highest BCUT2D eigenvalue weighted by molar-refractivity contribution is 5.93. The van der Waals surface area contributed by atoms with Crippen LogP contribution < -0.4 is 20.1 Å². The highest BCUT2D eigenvalue weighted by Crippen LogP contribution is 2.28. The zero-order valence-corrected chi connectivity index (χ0v) is 13.2. The number of anilines is 1. The molecule has 0 aromatic heterocycles. The molecule has 2 unspecified atom stereocenters. The van der Waals surface area contributed by atoms with Gasteiger partial charge in [-0.25, -0.2) is 9.59 Å². The van der Waals surface area contributed by atoms with E-state index in [9.17, 15) is 14.7 Å². The number of carboxylic acid groups (broad SMARTS) is 1. The number of carboxylic acids is 1. The molecular formula is C15H22N2O5. The van der Waals surface area contributed by atoms with Crippen molar-refractivity contribution < 1.29 is 24.2 Å². The molecule has 0 saturated heterocycles. The molecule has 0 fully saturated rings. The van der Waals surface area contributed by atoms with E-state index in [4.69, 9.17) is 9.47 Å². The van der Waals surface area contributed by atoms with Gasteiger partial charge in [-0.05, 0) is 18.1 Å². The molecule has 1 rings (SSSR count). The molecular weight excluding hydrogens is 288 g/mol. The van der Waals surface area contributed by atoms with Crippen LogP contribution in [-0.2, 0) is 4.79 Å². The maximum absolute atomic E-state index is 12.0. The van der Waals surface area contributed by atoms with Gasteiger partial charge in [-0.15, -0.1) is 0 Å². The van der Waals surface area contributed by atoms with Gasteiger partial charge in [-0.2, -0.15) is 0 Å². The van der Waals surface area contributed by atoms with Gasteiger partial charge in [0.2, 0.25) is 0 Å². The van der Waals surface area contributed by atoms with E-state index in [1.807, 2.05) is 6.92 Å². The average molecular weight is 310 g/mol. The number of ether oxygens (including phenoxy) is 2. The predicted octanol–water partition coefficient (Wildman–Crippen LogP) is 2.32. The number of benzene rings is 1. The highest BCUT2D eigenvalue weighted by Gasteiger charge is 2.25. The van der Waals surface area contributed by atoms with E-state index >= 15 is 0 Å². The molecule has 0 aliphatic rings. The lowest BCUT2D eigenvalue weighted by Gasteiger charge is -2.20. The Bertz CT molecular complexity index is 533. The molecule has 2 amide bonds. The van der Waals surface area contributed by atoms with Gasteiger partial charge in [-0.1, -0.05) is 20.3 Å². The molecule has 22 heavy (non-hydrogen) atoms. The maximum atomic E-state index is 12.0. The van der Waals surface area contributed by atoms with Crippen LogP contribution in [0.4, 0.5) is 10.5 Å². The number of rotatable bonds is 7. The topological polar surface area (TPSA) is 96.9 Å². The van der Waals surface area contributed by atoms with Crippen LogP contribution in [0.3, 0.4) is 0 Å². The van der Waals surface area contributed by atoms with E-state index in [1.54, 1.807) is 25.1 Å². The monoisotopic (exact) mass is 310 g/mol. The van der Waals surface area contributed by atoms with Gasteiger partial charge in [0, 0.05) is 6.07 Å². The van der Waals surface area contributed by atoms with Gasteiger partial charge in [0.1, 0.15) is 17.5 Å². The van der Waals surface area contributed by atoms with Gasteiger partial charge in [-0.3, -0.25) is 0 Å². The van der Waals surface area contributed by atoms with Crippen molar-refractivity contribution in [2.24, 2.45) is 5.92 Å². The summed E-state index contributed by atoms with van der Waals surface area (Å²) in [5.41, 5.74) is 0.425. The lowest BCUT2D eigenvalue weighted by molar-refractivity contribution is -0.140. The van der Waals surface area contributed by atoms with Gasteiger partial charge >= 0.3 is 12.0 Å². The van der Waals surface area contributed by atoms with Crippen molar-refractivity contribution in [1.29, 1.82) is 0 Å². The molecule has 122 valence electrons. The van der Waals surface area contributed by atoms with Crippen molar-refractivity contribution in [1.82, 2.24) is 5.32 Å². The second-order valence-corrected chi connectivity index (χ2v) is 4.87. The number of carbonyl (C=O) groups excluding carboxylic acids is 1. The molecule has 7 heteroatoms. The Labute approximate surface area is 129 Å². The molecule has 3 N–H and O–H groups in total. The van der Waals surface area contributed by atoms with E-state index in [0.717, 1.165) is 0 Å². The van der Waals surface area contributed by atoms with Gasteiger partial charge in [0.15, 0.2) is 0 Å². The van der Waals surface area contributed by atoms with Crippen LogP contribution in [0.1, 0.15) is 20.3 Å². The van der Waals surface area contributed by atoms with Crippen LogP contribution in [-0.4, -0.2) is 37.4 Å². The standard InChI is InChI=1S/C15H22N2O5/c1-5-9(2)13(14(18)19)17-15(20)16-11-7-6-10(21-3)8-12(11)22-4/h6-9,13H,5H2,1-4H3,(H,18,19)(H2,16,17,20). The third-order valence-corrected chi connectivity index (χ3v) is 3.42. The number of methoxy groups -OCH3 is 2. The predicted molar refractivity (Wildman–Crippen MR) is 82.6 cm³/mol. The molecule has 0 spiro atoms. The molecule has 0 bridgehead atoms. The van der Waals surface area contributed by atoms with E-state index in [0.29, 0.717) is 23.6 Å². The molecule has 0 heterocycles. The number of carbonyl (C=O) groups is 2. The molecule has 7 nitrogen and oxygen atoms in total. The number of aliphatic carboxylic acids is 1. The summed E-state index contributed by atoms with van der Waals surface area (Å²) in [5, 5.41) is 14.2. The Hall–Kier alpha value is -2.44. The van der Waals surface area contributed by atoms with Gasteiger partial charge in [0.25, 0.3) is 0 Å². The van der Waals surface area contributed by atoms with Gasteiger partial charge in [0.05, 0.1) is 19.9 Å². The Morgan fingerprint density at radius 1 is 1.27 bits per heavy atom. The smallest absolute Gasteiger partial charge is 0.326 e. The molecule has 0 radical (unpaired) electrons. The van der Waals surface area contributed by atoms with Crippen LogP contribution in [0, 0.1) is 5.92 Å².